The van der Waals surface area contributed by atoms with E-state index in [0.29, 0.717) is 11.7 Å². The molecule has 2 aromatic rings. The van der Waals surface area contributed by atoms with Gasteiger partial charge in [0.1, 0.15) is 5.75 Å². The van der Waals surface area contributed by atoms with Crippen molar-refractivity contribution in [3.63, 3.8) is 0 Å². The minimum atomic E-state index is 0.344. The number of amides is 1. The first kappa shape index (κ1) is 26.5. The zero-order valence-electron chi connectivity index (χ0n) is 20.6. The predicted molar refractivity (Wildman–Crippen MR) is 138 cm³/mol. The highest BCUT2D eigenvalue weighted by Crippen LogP contribution is 2.19. The summed E-state index contributed by atoms with van der Waals surface area (Å²) in [6.07, 6.45) is 6.51. The Balaban J connectivity index is 0.000000245. The van der Waals surface area contributed by atoms with Crippen molar-refractivity contribution < 1.29 is 9.53 Å². The average Bonchev–Trinajstić information content (AvgIpc) is 2.81. The first-order valence-corrected chi connectivity index (χ1v) is 12.1. The number of likely N-dealkylation sites (tertiary alicyclic amines) is 1. The topological polar surface area (TPSA) is 67.6 Å². The number of rotatable bonds is 10. The lowest BCUT2D eigenvalue weighted by molar-refractivity contribution is -0.110. The molecule has 0 aromatic heterocycles. The van der Waals surface area contributed by atoms with E-state index in [1.807, 2.05) is 12.1 Å². The molecule has 1 saturated heterocycles. The van der Waals surface area contributed by atoms with E-state index in [2.05, 4.69) is 67.9 Å². The van der Waals surface area contributed by atoms with Crippen molar-refractivity contribution in [2.24, 2.45) is 5.73 Å². The van der Waals surface area contributed by atoms with Crippen LogP contribution in [0.2, 0.25) is 0 Å². The Morgan fingerprint density at radius 1 is 1.15 bits per heavy atom. The molecular formula is C28H41N3O2. The standard InChI is InChI=1S/C15H21N3O.C13H20O/c1-12(16)14-4-2-13(3-5-14)10-18-8-6-15(7-9-18)17-11-19;1-4-5-6-9-14-13-10-11(2)7-8-12(13)3/h2-5,11,15H,1,6-10,16H2,(H,17,19);7-8,10H,4-6,9H2,1-3H3. The maximum atomic E-state index is 10.4. The first-order valence-electron chi connectivity index (χ1n) is 12.1. The van der Waals surface area contributed by atoms with E-state index in [1.165, 1.54) is 29.5 Å². The van der Waals surface area contributed by atoms with Crippen LogP contribution in [0.25, 0.3) is 5.70 Å². The highest BCUT2D eigenvalue weighted by Gasteiger charge is 2.18. The van der Waals surface area contributed by atoms with Gasteiger partial charge >= 0.3 is 0 Å². The molecule has 3 rings (SSSR count). The molecule has 0 atom stereocenters. The summed E-state index contributed by atoms with van der Waals surface area (Å²) in [5.74, 6) is 1.04. The van der Waals surface area contributed by atoms with Gasteiger partial charge in [-0.3, -0.25) is 9.69 Å². The van der Waals surface area contributed by atoms with Gasteiger partial charge in [0.15, 0.2) is 0 Å². The van der Waals surface area contributed by atoms with Gasteiger partial charge in [-0.15, -0.1) is 0 Å². The Morgan fingerprint density at radius 3 is 2.45 bits per heavy atom. The summed E-state index contributed by atoms with van der Waals surface area (Å²) in [7, 11) is 0. The lowest BCUT2D eigenvalue weighted by Crippen LogP contribution is -2.41. The fourth-order valence-electron chi connectivity index (χ4n) is 3.83. The molecule has 0 bridgehead atoms. The van der Waals surface area contributed by atoms with E-state index < -0.39 is 0 Å². The van der Waals surface area contributed by atoms with Gasteiger partial charge in [-0.25, -0.2) is 0 Å². The maximum absolute atomic E-state index is 10.4. The van der Waals surface area contributed by atoms with Crippen molar-refractivity contribution in [2.45, 2.75) is 65.5 Å². The molecule has 180 valence electrons. The van der Waals surface area contributed by atoms with Gasteiger partial charge < -0.3 is 15.8 Å². The molecule has 1 amide bonds. The Bertz CT molecular complexity index is 856. The number of carbonyl (C=O) groups excluding carboxylic acids is 1. The fourth-order valence-corrected chi connectivity index (χ4v) is 3.83. The van der Waals surface area contributed by atoms with Crippen LogP contribution in [0.1, 0.15) is 61.3 Å². The normalized spacial score (nSPS) is 14.2. The van der Waals surface area contributed by atoms with Crippen LogP contribution in [0, 0.1) is 13.8 Å². The third-order valence-electron chi connectivity index (χ3n) is 5.97. The average molecular weight is 452 g/mol. The molecule has 0 radical (unpaired) electrons. The van der Waals surface area contributed by atoms with E-state index >= 15 is 0 Å². The number of ether oxygens (including phenoxy) is 1. The van der Waals surface area contributed by atoms with Gasteiger partial charge in [0.2, 0.25) is 6.41 Å². The first-order chi connectivity index (χ1) is 15.9. The van der Waals surface area contributed by atoms with Crippen molar-refractivity contribution in [3.05, 3.63) is 71.3 Å². The molecule has 1 aliphatic heterocycles. The zero-order chi connectivity index (χ0) is 24.1. The highest BCUT2D eigenvalue weighted by molar-refractivity contribution is 5.60. The van der Waals surface area contributed by atoms with Gasteiger partial charge in [0, 0.05) is 31.4 Å². The number of nitrogens with two attached hydrogens (primary N) is 1. The number of nitrogens with one attached hydrogen (secondary N) is 1. The maximum Gasteiger partial charge on any atom is 0.207 e. The van der Waals surface area contributed by atoms with Crippen molar-refractivity contribution in [1.29, 1.82) is 0 Å². The van der Waals surface area contributed by atoms with Crippen LogP contribution in [0.5, 0.6) is 5.75 Å². The number of unbranched alkanes of at least 4 members (excludes halogenated alkanes) is 2. The summed E-state index contributed by atoms with van der Waals surface area (Å²) >= 11 is 0. The summed E-state index contributed by atoms with van der Waals surface area (Å²) in [5, 5.41) is 2.86. The SMILES string of the molecule is C=C(N)c1ccc(CN2CCC(NC=O)CC2)cc1.CCCCCOc1cc(C)ccc1C. The number of nitrogens with zero attached hydrogens (tertiary/aromatic N) is 1. The third kappa shape index (κ3) is 9.70. The minimum absolute atomic E-state index is 0.344. The monoisotopic (exact) mass is 451 g/mol. The third-order valence-corrected chi connectivity index (χ3v) is 5.97. The van der Waals surface area contributed by atoms with Crippen molar-refractivity contribution in [1.82, 2.24) is 10.2 Å². The molecule has 3 N–H and O–H groups in total. The Labute approximate surface area is 200 Å². The van der Waals surface area contributed by atoms with Gasteiger partial charge in [0.25, 0.3) is 0 Å². The molecule has 1 aliphatic rings. The molecule has 0 aliphatic carbocycles. The Hall–Kier alpha value is -2.79. The molecule has 33 heavy (non-hydrogen) atoms. The van der Waals surface area contributed by atoms with Crippen LogP contribution in [0.3, 0.4) is 0 Å². The van der Waals surface area contributed by atoms with Crippen LogP contribution in [-0.4, -0.2) is 37.0 Å². The lowest BCUT2D eigenvalue weighted by atomic mass is 10.0. The minimum Gasteiger partial charge on any atom is -0.493 e. The van der Waals surface area contributed by atoms with Gasteiger partial charge in [-0.05, 0) is 61.4 Å². The number of hydrogen-bond acceptors (Lipinski definition) is 4. The van der Waals surface area contributed by atoms with E-state index in [9.17, 15) is 4.79 Å². The van der Waals surface area contributed by atoms with E-state index in [0.717, 1.165) is 63.2 Å². The molecular weight excluding hydrogens is 410 g/mol. The summed E-state index contributed by atoms with van der Waals surface area (Å²) in [6.45, 7) is 14.0. The van der Waals surface area contributed by atoms with Gasteiger partial charge in [0.05, 0.1) is 6.61 Å². The number of hydrogen-bond donors (Lipinski definition) is 2. The quantitative estimate of drug-likeness (QED) is 0.385. The summed E-state index contributed by atoms with van der Waals surface area (Å²) < 4.78 is 5.72. The molecule has 0 spiro atoms. The molecule has 1 fully saturated rings. The largest absolute Gasteiger partial charge is 0.493 e. The number of aryl methyl sites for hydroxylation is 2. The summed E-state index contributed by atoms with van der Waals surface area (Å²) in [4.78, 5) is 12.8. The molecule has 5 nitrogen and oxygen atoms in total. The van der Waals surface area contributed by atoms with Crippen molar-refractivity contribution in [3.8, 4) is 5.75 Å². The Kier molecular flexibility index (Phi) is 11.5. The molecule has 0 saturated carbocycles. The lowest BCUT2D eigenvalue weighted by Gasteiger charge is -2.31. The second kappa shape index (κ2) is 14.4. The molecule has 5 heteroatoms. The smallest absolute Gasteiger partial charge is 0.207 e. The number of benzene rings is 2. The fraction of sp³-hybridized carbons (Fsp3) is 0.464. The molecule has 2 aromatic carbocycles. The highest BCUT2D eigenvalue weighted by atomic mass is 16.5. The van der Waals surface area contributed by atoms with Crippen LogP contribution in [0.4, 0.5) is 0 Å². The molecule has 0 unspecified atom stereocenters. The second-order valence-corrected chi connectivity index (χ2v) is 8.88. The number of piperidine rings is 1. The zero-order valence-corrected chi connectivity index (χ0v) is 20.6. The van der Waals surface area contributed by atoms with Crippen LogP contribution < -0.4 is 15.8 Å². The second-order valence-electron chi connectivity index (χ2n) is 8.88. The van der Waals surface area contributed by atoms with Crippen LogP contribution in [0.15, 0.2) is 49.0 Å². The van der Waals surface area contributed by atoms with Gasteiger partial charge in [-0.2, -0.15) is 0 Å². The van der Waals surface area contributed by atoms with Crippen molar-refractivity contribution >= 4 is 12.1 Å². The summed E-state index contributed by atoms with van der Waals surface area (Å²) in [5.41, 5.74) is 11.0. The van der Waals surface area contributed by atoms with Crippen LogP contribution >= 0.6 is 0 Å². The molecule has 1 heterocycles. The summed E-state index contributed by atoms with van der Waals surface area (Å²) in [6, 6.07) is 14.9. The predicted octanol–water partition coefficient (Wildman–Crippen LogP) is 5.20. The van der Waals surface area contributed by atoms with Crippen LogP contribution in [-0.2, 0) is 11.3 Å². The Morgan fingerprint density at radius 2 is 1.85 bits per heavy atom. The number of carbonyl (C=O) groups is 1. The van der Waals surface area contributed by atoms with E-state index in [1.54, 1.807) is 0 Å². The van der Waals surface area contributed by atoms with Crippen molar-refractivity contribution in [2.75, 3.05) is 19.7 Å². The van der Waals surface area contributed by atoms with E-state index in [-0.39, 0.29) is 0 Å². The van der Waals surface area contributed by atoms with E-state index in [4.69, 9.17) is 10.5 Å². The van der Waals surface area contributed by atoms with Gasteiger partial charge in [-0.1, -0.05) is 62.7 Å².